The number of ether oxygens (including phenoxy) is 2. The van der Waals surface area contributed by atoms with Crippen molar-refractivity contribution < 1.29 is 32.2 Å². The molecule has 1 aliphatic heterocycles. The van der Waals surface area contributed by atoms with Gasteiger partial charge in [-0.2, -0.15) is 18.3 Å². The number of hydrogen-bond donors (Lipinski definition) is 2. The molecular formula is C21H17ClF3N5O4. The smallest absolute Gasteiger partial charge is 0.435 e. The number of amides is 2. The van der Waals surface area contributed by atoms with Crippen LogP contribution in [0.25, 0.3) is 5.82 Å². The van der Waals surface area contributed by atoms with Crippen LogP contribution in [0.4, 0.5) is 18.9 Å². The minimum absolute atomic E-state index is 0.0186. The van der Waals surface area contributed by atoms with Gasteiger partial charge in [0.25, 0.3) is 11.8 Å². The van der Waals surface area contributed by atoms with E-state index in [-0.39, 0.29) is 35.3 Å². The molecule has 34 heavy (non-hydrogen) atoms. The zero-order valence-electron chi connectivity index (χ0n) is 17.8. The fourth-order valence-corrected chi connectivity index (χ4v) is 3.58. The molecule has 0 bridgehead atoms. The summed E-state index contributed by atoms with van der Waals surface area (Å²) in [6.07, 6.45) is -3.53. The Morgan fingerprint density at radius 2 is 1.91 bits per heavy atom. The second-order valence-electron chi connectivity index (χ2n) is 7.11. The van der Waals surface area contributed by atoms with E-state index in [9.17, 15) is 22.8 Å². The van der Waals surface area contributed by atoms with E-state index in [1.807, 2.05) is 0 Å². The molecule has 9 nitrogen and oxygen atoms in total. The van der Waals surface area contributed by atoms with Crippen molar-refractivity contribution in [2.45, 2.75) is 13.1 Å². The Hall–Kier alpha value is -3.80. The Labute approximate surface area is 195 Å². The molecule has 4 rings (SSSR count). The largest absolute Gasteiger partial charge is 0.486 e. The lowest BCUT2D eigenvalue weighted by molar-refractivity contribution is -0.141. The van der Waals surface area contributed by atoms with Crippen LogP contribution in [-0.4, -0.2) is 46.8 Å². The van der Waals surface area contributed by atoms with E-state index in [1.54, 1.807) is 6.92 Å². The molecule has 0 saturated carbocycles. The highest BCUT2D eigenvalue weighted by Crippen LogP contribution is 2.40. The van der Waals surface area contributed by atoms with Crippen LogP contribution in [0.5, 0.6) is 11.5 Å². The highest BCUT2D eigenvalue weighted by molar-refractivity contribution is 6.32. The van der Waals surface area contributed by atoms with Gasteiger partial charge in [0.1, 0.15) is 18.9 Å². The zero-order chi connectivity index (χ0) is 24.6. The lowest BCUT2D eigenvalue weighted by Crippen LogP contribution is -2.25. The van der Waals surface area contributed by atoms with Gasteiger partial charge < -0.3 is 20.1 Å². The molecule has 13 heteroatoms. The SMILES string of the molecule is CNC(=O)c1cc2c(c(C)c1NC(=O)c1cc(C(F)(F)F)nn1-c1ncccc1Cl)OCCO2. The summed E-state index contributed by atoms with van der Waals surface area (Å²) in [5.41, 5.74) is -1.37. The molecule has 0 saturated heterocycles. The van der Waals surface area contributed by atoms with Gasteiger partial charge in [-0.05, 0) is 25.1 Å². The first-order valence-electron chi connectivity index (χ1n) is 9.86. The maximum atomic E-state index is 13.4. The van der Waals surface area contributed by atoms with Gasteiger partial charge in [-0.15, -0.1) is 0 Å². The number of nitrogens with one attached hydrogen (secondary N) is 2. The number of pyridine rings is 1. The van der Waals surface area contributed by atoms with Crippen molar-refractivity contribution in [1.82, 2.24) is 20.1 Å². The summed E-state index contributed by atoms with van der Waals surface area (Å²) in [6.45, 7) is 2.11. The quantitative estimate of drug-likeness (QED) is 0.572. The van der Waals surface area contributed by atoms with Crippen molar-refractivity contribution in [1.29, 1.82) is 0 Å². The molecule has 0 fully saturated rings. The third-order valence-electron chi connectivity index (χ3n) is 4.95. The molecular weight excluding hydrogens is 479 g/mol. The molecule has 0 unspecified atom stereocenters. The van der Waals surface area contributed by atoms with Crippen molar-refractivity contribution in [3.8, 4) is 17.3 Å². The predicted octanol–water partition coefficient (Wildman–Crippen LogP) is 3.63. The maximum Gasteiger partial charge on any atom is 0.435 e. The van der Waals surface area contributed by atoms with Gasteiger partial charge in [-0.1, -0.05) is 11.6 Å². The van der Waals surface area contributed by atoms with Crippen LogP contribution in [0.2, 0.25) is 5.02 Å². The van der Waals surface area contributed by atoms with Crippen molar-refractivity contribution >= 4 is 29.1 Å². The number of aromatic nitrogens is 3. The van der Waals surface area contributed by atoms with Crippen molar-refractivity contribution in [3.63, 3.8) is 0 Å². The Bertz CT molecular complexity index is 1290. The molecule has 0 radical (unpaired) electrons. The van der Waals surface area contributed by atoms with Crippen LogP contribution >= 0.6 is 11.6 Å². The number of fused-ring (bicyclic) bond motifs is 1. The summed E-state index contributed by atoms with van der Waals surface area (Å²) in [7, 11) is 1.40. The van der Waals surface area contributed by atoms with Gasteiger partial charge in [0.2, 0.25) is 0 Å². The number of halogens is 4. The van der Waals surface area contributed by atoms with Crippen LogP contribution < -0.4 is 20.1 Å². The maximum absolute atomic E-state index is 13.4. The van der Waals surface area contributed by atoms with Crippen LogP contribution in [-0.2, 0) is 6.18 Å². The molecule has 2 aromatic heterocycles. The van der Waals surface area contributed by atoms with Gasteiger partial charge in [0.05, 0.1) is 16.3 Å². The number of alkyl halides is 3. The summed E-state index contributed by atoms with van der Waals surface area (Å²) in [5.74, 6) is -1.08. The number of hydrogen-bond acceptors (Lipinski definition) is 6. The molecule has 3 heterocycles. The molecule has 2 amide bonds. The highest BCUT2D eigenvalue weighted by Gasteiger charge is 2.37. The standard InChI is InChI=1S/C21H17ClF3N5O4/c1-10-16(11(19(31)26-2)8-14-17(10)34-7-6-33-14)28-20(32)13-9-15(21(23,24)25)29-30(13)18-12(22)4-3-5-27-18/h3-5,8-9H,6-7H2,1-2H3,(H,26,31)(H,28,32). The van der Waals surface area contributed by atoms with Crippen LogP contribution in [0.1, 0.15) is 32.1 Å². The first-order valence-corrected chi connectivity index (χ1v) is 10.2. The van der Waals surface area contributed by atoms with E-state index < -0.39 is 29.4 Å². The van der Waals surface area contributed by atoms with Crippen molar-refractivity contribution in [3.05, 3.63) is 58.0 Å². The highest BCUT2D eigenvalue weighted by atomic mass is 35.5. The van der Waals surface area contributed by atoms with Gasteiger partial charge in [0.15, 0.2) is 23.0 Å². The summed E-state index contributed by atoms with van der Waals surface area (Å²) in [5, 5.41) is 8.46. The molecule has 3 aromatic rings. The summed E-state index contributed by atoms with van der Waals surface area (Å²) >= 11 is 6.09. The second kappa shape index (κ2) is 8.86. The van der Waals surface area contributed by atoms with Crippen molar-refractivity contribution in [2.24, 2.45) is 0 Å². The second-order valence-corrected chi connectivity index (χ2v) is 7.52. The van der Waals surface area contributed by atoms with Crippen LogP contribution in [0.3, 0.4) is 0 Å². The van der Waals surface area contributed by atoms with Crippen LogP contribution in [0, 0.1) is 6.92 Å². The Morgan fingerprint density at radius 1 is 1.18 bits per heavy atom. The zero-order valence-corrected chi connectivity index (χ0v) is 18.5. The number of carbonyl (C=O) groups excluding carboxylic acids is 2. The average Bonchev–Trinajstić information content (AvgIpc) is 3.26. The van der Waals surface area contributed by atoms with Gasteiger partial charge in [-0.3, -0.25) is 9.59 Å². The molecule has 178 valence electrons. The summed E-state index contributed by atoms with van der Waals surface area (Å²) < 4.78 is 52.1. The molecule has 2 N–H and O–H groups in total. The van der Waals surface area contributed by atoms with Crippen molar-refractivity contribution in [2.75, 3.05) is 25.6 Å². The lowest BCUT2D eigenvalue weighted by Gasteiger charge is -2.24. The Morgan fingerprint density at radius 3 is 2.59 bits per heavy atom. The Kier molecular flexibility index (Phi) is 6.09. The third kappa shape index (κ3) is 4.23. The minimum atomic E-state index is -4.83. The Balaban J connectivity index is 1.83. The van der Waals surface area contributed by atoms with E-state index >= 15 is 0 Å². The number of carbonyl (C=O) groups is 2. The molecule has 1 aliphatic rings. The molecule has 0 aliphatic carbocycles. The van der Waals surface area contributed by atoms with Gasteiger partial charge in [0, 0.05) is 24.9 Å². The first-order chi connectivity index (χ1) is 16.1. The van der Waals surface area contributed by atoms with Gasteiger partial charge in [-0.25, -0.2) is 9.67 Å². The fourth-order valence-electron chi connectivity index (χ4n) is 3.38. The average molecular weight is 496 g/mol. The predicted molar refractivity (Wildman–Crippen MR) is 115 cm³/mol. The normalized spacial score (nSPS) is 12.9. The van der Waals surface area contributed by atoms with E-state index in [0.717, 1.165) is 0 Å². The molecule has 0 spiro atoms. The van der Waals surface area contributed by atoms with E-state index in [1.165, 1.54) is 31.4 Å². The van der Waals surface area contributed by atoms with E-state index in [0.29, 0.717) is 27.8 Å². The number of benzene rings is 1. The summed E-state index contributed by atoms with van der Waals surface area (Å²) in [4.78, 5) is 29.7. The third-order valence-corrected chi connectivity index (χ3v) is 5.25. The fraction of sp³-hybridized carbons (Fsp3) is 0.238. The molecule has 1 aromatic carbocycles. The summed E-state index contributed by atoms with van der Waals surface area (Å²) in [6, 6.07) is 4.85. The molecule has 0 atom stereocenters. The van der Waals surface area contributed by atoms with Crippen LogP contribution in [0.15, 0.2) is 30.5 Å². The number of rotatable bonds is 4. The monoisotopic (exact) mass is 495 g/mol. The van der Waals surface area contributed by atoms with E-state index in [4.69, 9.17) is 21.1 Å². The minimum Gasteiger partial charge on any atom is -0.486 e. The van der Waals surface area contributed by atoms with Gasteiger partial charge >= 0.3 is 6.18 Å². The lowest BCUT2D eigenvalue weighted by atomic mass is 10.0. The first kappa shape index (κ1) is 23.4. The topological polar surface area (TPSA) is 107 Å². The number of anilines is 1. The number of nitrogens with zero attached hydrogens (tertiary/aromatic N) is 3. The van der Waals surface area contributed by atoms with E-state index in [2.05, 4.69) is 20.7 Å².